The lowest BCUT2D eigenvalue weighted by Crippen LogP contribution is -2.17. The summed E-state index contributed by atoms with van der Waals surface area (Å²) in [6.45, 7) is 5.50. The van der Waals surface area contributed by atoms with Gasteiger partial charge < -0.3 is 9.84 Å². The van der Waals surface area contributed by atoms with E-state index in [1.807, 2.05) is 26.8 Å². The molecule has 0 bridgehead atoms. The number of hydrogen-bond acceptors (Lipinski definition) is 4. The normalized spacial score (nSPS) is 10.7. The van der Waals surface area contributed by atoms with E-state index in [4.69, 9.17) is 9.84 Å². The number of rotatable bonds is 4. The molecular formula is C15H16N2O4. The minimum atomic E-state index is -1.18. The molecule has 0 aliphatic heterocycles. The number of carboxylic acids is 1. The van der Waals surface area contributed by atoms with Crippen molar-refractivity contribution < 1.29 is 19.4 Å². The van der Waals surface area contributed by atoms with Crippen molar-refractivity contribution in [3.63, 3.8) is 0 Å². The van der Waals surface area contributed by atoms with Gasteiger partial charge in [-0.05, 0) is 38.5 Å². The Balaban J connectivity index is 2.32. The van der Waals surface area contributed by atoms with E-state index >= 15 is 0 Å². The molecule has 1 aromatic carbocycles. The van der Waals surface area contributed by atoms with Gasteiger partial charge in [0.15, 0.2) is 5.69 Å². The molecule has 0 amide bonds. The first kappa shape index (κ1) is 14.8. The maximum atomic E-state index is 12.2. The fraction of sp³-hybridized carbons (Fsp3) is 0.267. The van der Waals surface area contributed by atoms with E-state index in [1.54, 1.807) is 18.2 Å². The van der Waals surface area contributed by atoms with E-state index in [0.717, 1.165) is 5.56 Å². The maximum Gasteiger partial charge on any atom is 0.362 e. The lowest BCUT2D eigenvalue weighted by molar-refractivity contribution is 0.0686. The Morgan fingerprint density at radius 3 is 2.57 bits per heavy atom. The Morgan fingerprint density at radius 2 is 2.00 bits per heavy atom. The lowest BCUT2D eigenvalue weighted by Gasteiger charge is -2.10. The third-order valence-electron chi connectivity index (χ3n) is 2.85. The number of benzene rings is 1. The van der Waals surface area contributed by atoms with Crippen molar-refractivity contribution in [1.29, 1.82) is 0 Å². The quantitative estimate of drug-likeness (QED) is 0.691. The number of carbonyl (C=O) groups excluding carboxylic acids is 1. The topological polar surface area (TPSA) is 81.4 Å². The largest absolute Gasteiger partial charge is 0.476 e. The summed E-state index contributed by atoms with van der Waals surface area (Å²) in [6, 6.07) is 8.13. The van der Waals surface area contributed by atoms with Gasteiger partial charge in [0.1, 0.15) is 11.4 Å². The molecule has 110 valence electrons. The summed E-state index contributed by atoms with van der Waals surface area (Å²) in [4.78, 5) is 23.2. The summed E-state index contributed by atoms with van der Waals surface area (Å²) in [5.41, 5.74) is 0.896. The first-order valence-corrected chi connectivity index (χ1v) is 6.50. The molecule has 0 radical (unpaired) electrons. The first-order chi connectivity index (χ1) is 9.88. The highest BCUT2D eigenvalue weighted by molar-refractivity contribution is 5.93. The van der Waals surface area contributed by atoms with Crippen molar-refractivity contribution >= 4 is 11.9 Å². The monoisotopic (exact) mass is 288 g/mol. The molecule has 1 N–H and O–H groups in total. The zero-order valence-electron chi connectivity index (χ0n) is 12.0. The number of hydrogen-bond donors (Lipinski definition) is 1. The number of carbonyl (C=O) groups is 2. The molecular weight excluding hydrogens is 272 g/mol. The van der Waals surface area contributed by atoms with Crippen LogP contribution in [-0.2, 0) is 0 Å². The molecule has 0 unspecified atom stereocenters. The molecule has 2 rings (SSSR count). The molecule has 2 aromatic rings. The lowest BCUT2D eigenvalue weighted by atomic mass is 10.2. The van der Waals surface area contributed by atoms with Crippen molar-refractivity contribution in [2.75, 3.05) is 0 Å². The van der Waals surface area contributed by atoms with Crippen LogP contribution in [0.3, 0.4) is 0 Å². The average molecular weight is 288 g/mol. The molecule has 1 aromatic heterocycles. The number of ether oxygens (including phenoxy) is 1. The number of aryl methyl sites for hydroxylation is 1. The standard InChI is InChI=1S/C15H16N2O4/c1-9(2)17-13(8-12(16-17)14(18)19)15(20)21-11-6-4-5-10(3)7-11/h4-9H,1-3H3,(H,18,19). The molecule has 0 saturated carbocycles. The van der Waals surface area contributed by atoms with E-state index in [-0.39, 0.29) is 17.4 Å². The minimum absolute atomic E-state index is 0.115. The molecule has 6 nitrogen and oxygen atoms in total. The number of aromatic nitrogens is 2. The van der Waals surface area contributed by atoms with E-state index < -0.39 is 11.9 Å². The Kier molecular flexibility index (Phi) is 4.07. The third-order valence-corrected chi connectivity index (χ3v) is 2.85. The smallest absolute Gasteiger partial charge is 0.362 e. The van der Waals surface area contributed by atoms with E-state index in [2.05, 4.69) is 5.10 Å². The predicted octanol–water partition coefficient (Wildman–Crippen LogP) is 2.69. The third kappa shape index (κ3) is 3.28. The van der Waals surface area contributed by atoms with Gasteiger partial charge >= 0.3 is 11.9 Å². The number of nitrogens with zero attached hydrogens (tertiary/aromatic N) is 2. The van der Waals surface area contributed by atoms with Gasteiger partial charge in [-0.1, -0.05) is 12.1 Å². The van der Waals surface area contributed by atoms with Gasteiger partial charge in [-0.3, -0.25) is 4.68 Å². The highest BCUT2D eigenvalue weighted by Gasteiger charge is 2.21. The molecule has 0 aliphatic rings. The Morgan fingerprint density at radius 1 is 1.29 bits per heavy atom. The van der Waals surface area contributed by atoms with E-state index in [9.17, 15) is 9.59 Å². The zero-order valence-corrected chi connectivity index (χ0v) is 12.0. The Bertz CT molecular complexity index is 689. The van der Waals surface area contributed by atoms with Gasteiger partial charge in [-0.25, -0.2) is 9.59 Å². The summed E-state index contributed by atoms with van der Waals surface area (Å²) in [5, 5.41) is 12.9. The molecule has 0 saturated heterocycles. The second-order valence-electron chi connectivity index (χ2n) is 4.96. The van der Waals surface area contributed by atoms with E-state index in [0.29, 0.717) is 5.75 Å². The summed E-state index contributed by atoms with van der Waals surface area (Å²) >= 11 is 0. The van der Waals surface area contributed by atoms with Crippen LogP contribution >= 0.6 is 0 Å². The minimum Gasteiger partial charge on any atom is -0.476 e. The SMILES string of the molecule is Cc1cccc(OC(=O)c2cc(C(=O)O)nn2C(C)C)c1. The number of esters is 1. The van der Waals surface area contributed by atoms with Gasteiger partial charge in [-0.15, -0.1) is 0 Å². The van der Waals surface area contributed by atoms with Crippen LogP contribution in [0.4, 0.5) is 0 Å². The van der Waals surface area contributed by atoms with Crippen LogP contribution in [0, 0.1) is 6.92 Å². The summed E-state index contributed by atoms with van der Waals surface area (Å²) in [6.07, 6.45) is 0. The molecule has 0 aliphatic carbocycles. The van der Waals surface area contributed by atoms with Crippen LogP contribution in [0.5, 0.6) is 5.75 Å². The van der Waals surface area contributed by atoms with Crippen LogP contribution < -0.4 is 4.74 Å². The molecule has 6 heteroatoms. The van der Waals surface area contributed by atoms with Crippen molar-refractivity contribution in [2.45, 2.75) is 26.8 Å². The second-order valence-corrected chi connectivity index (χ2v) is 4.96. The van der Waals surface area contributed by atoms with Gasteiger partial charge in [0, 0.05) is 12.1 Å². The van der Waals surface area contributed by atoms with Gasteiger partial charge in [0.25, 0.3) is 0 Å². The van der Waals surface area contributed by atoms with E-state index in [1.165, 1.54) is 10.7 Å². The number of carboxylic acid groups (broad SMARTS) is 1. The van der Waals surface area contributed by atoms with Crippen LogP contribution in [0.15, 0.2) is 30.3 Å². The summed E-state index contributed by atoms with van der Waals surface area (Å²) in [7, 11) is 0. The van der Waals surface area contributed by atoms with Crippen molar-refractivity contribution in [2.24, 2.45) is 0 Å². The second kappa shape index (κ2) is 5.78. The highest BCUT2D eigenvalue weighted by Crippen LogP contribution is 2.17. The molecule has 0 spiro atoms. The van der Waals surface area contributed by atoms with Crippen molar-refractivity contribution in [1.82, 2.24) is 9.78 Å². The van der Waals surface area contributed by atoms with Crippen molar-refractivity contribution in [3.05, 3.63) is 47.3 Å². The first-order valence-electron chi connectivity index (χ1n) is 6.50. The summed E-state index contributed by atoms with van der Waals surface area (Å²) < 4.78 is 6.62. The van der Waals surface area contributed by atoms with Crippen LogP contribution in [0.25, 0.3) is 0 Å². The molecule has 0 fully saturated rings. The van der Waals surface area contributed by atoms with Gasteiger partial charge in [0.2, 0.25) is 0 Å². The summed E-state index contributed by atoms with van der Waals surface area (Å²) in [5.74, 6) is -1.40. The fourth-order valence-electron chi connectivity index (χ4n) is 1.88. The van der Waals surface area contributed by atoms with Crippen LogP contribution in [0.1, 0.15) is 46.4 Å². The number of aromatic carboxylic acids is 1. The highest BCUT2D eigenvalue weighted by atomic mass is 16.5. The molecule has 1 heterocycles. The van der Waals surface area contributed by atoms with Crippen molar-refractivity contribution in [3.8, 4) is 5.75 Å². The van der Waals surface area contributed by atoms with Gasteiger partial charge in [0.05, 0.1) is 0 Å². The zero-order chi connectivity index (χ0) is 15.6. The molecule has 21 heavy (non-hydrogen) atoms. The predicted molar refractivity (Wildman–Crippen MR) is 75.7 cm³/mol. The van der Waals surface area contributed by atoms with Crippen LogP contribution in [0.2, 0.25) is 0 Å². The maximum absolute atomic E-state index is 12.2. The van der Waals surface area contributed by atoms with Gasteiger partial charge in [-0.2, -0.15) is 5.10 Å². The molecule has 0 atom stereocenters. The Hall–Kier alpha value is -2.63. The Labute approximate surface area is 122 Å². The average Bonchev–Trinajstić information content (AvgIpc) is 2.84. The van der Waals surface area contributed by atoms with Crippen LogP contribution in [-0.4, -0.2) is 26.8 Å². The fourth-order valence-corrected chi connectivity index (χ4v) is 1.88.